The molecule has 0 unspecified atom stereocenters. The van der Waals surface area contributed by atoms with Gasteiger partial charge in [0, 0.05) is 30.9 Å². The maximum atomic E-state index is 14.6. The fraction of sp³-hybridized carbons (Fsp3) is 0.400. The molecule has 1 amide bonds. The van der Waals surface area contributed by atoms with Crippen molar-refractivity contribution >= 4 is 17.1 Å². The molecule has 0 spiro atoms. The number of H-pyrrole nitrogens is 1. The van der Waals surface area contributed by atoms with E-state index in [0.29, 0.717) is 35.4 Å². The van der Waals surface area contributed by atoms with Gasteiger partial charge in [0.2, 0.25) is 0 Å². The van der Waals surface area contributed by atoms with Crippen molar-refractivity contribution in [3.05, 3.63) is 58.4 Å². The summed E-state index contributed by atoms with van der Waals surface area (Å²) in [5.74, 6) is -0.528. The number of nitrogens with zero attached hydrogens (tertiary/aromatic N) is 6. The van der Waals surface area contributed by atoms with E-state index >= 15 is 0 Å². The molecular weight excluding hydrogens is 465 g/mol. The first-order valence-electron chi connectivity index (χ1n) is 11.9. The molecule has 1 fully saturated rings. The Hall–Kier alpha value is -4.02. The smallest absolute Gasteiger partial charge is 0.410 e. The number of aryl methyl sites for hydroxylation is 1. The van der Waals surface area contributed by atoms with E-state index < -0.39 is 17.0 Å². The molecule has 36 heavy (non-hydrogen) atoms. The van der Waals surface area contributed by atoms with E-state index in [4.69, 9.17) is 4.74 Å². The molecule has 0 aliphatic carbocycles. The molecule has 0 bridgehead atoms. The van der Waals surface area contributed by atoms with Crippen LogP contribution >= 0.6 is 0 Å². The lowest BCUT2D eigenvalue weighted by molar-refractivity contribution is 0.0185. The minimum Gasteiger partial charge on any atom is -0.444 e. The Morgan fingerprint density at radius 1 is 1.22 bits per heavy atom. The van der Waals surface area contributed by atoms with Crippen molar-refractivity contribution in [3.63, 3.8) is 0 Å². The van der Waals surface area contributed by atoms with Crippen LogP contribution in [0.3, 0.4) is 0 Å². The van der Waals surface area contributed by atoms with Crippen LogP contribution in [0.1, 0.15) is 45.2 Å². The lowest BCUT2D eigenvalue weighted by atomic mass is 10.1. The number of carbonyl (C=O) groups excluding carboxylic acids is 1. The first kappa shape index (κ1) is 23.7. The highest BCUT2D eigenvalue weighted by atomic mass is 19.1. The van der Waals surface area contributed by atoms with E-state index in [1.165, 1.54) is 12.1 Å². The Bertz CT molecular complexity index is 1470. The van der Waals surface area contributed by atoms with E-state index in [-0.39, 0.29) is 17.8 Å². The van der Waals surface area contributed by atoms with E-state index in [0.717, 1.165) is 23.1 Å². The molecule has 10 nitrogen and oxygen atoms in total. The van der Waals surface area contributed by atoms with Gasteiger partial charge < -0.3 is 9.64 Å². The molecule has 1 aliphatic rings. The first-order valence-corrected chi connectivity index (χ1v) is 11.9. The SMILES string of the molecule is Cc1cccc(F)c1-n1nc2c(-c3cnn(C4CCN(C(=O)OC(C)(C)C)CC4)c3)n[nH]c2cc1=O. The van der Waals surface area contributed by atoms with Gasteiger partial charge in [-0.1, -0.05) is 12.1 Å². The molecule has 0 saturated carbocycles. The van der Waals surface area contributed by atoms with Crippen molar-refractivity contribution in [2.75, 3.05) is 13.1 Å². The number of aromatic nitrogens is 6. The Morgan fingerprint density at radius 2 is 1.97 bits per heavy atom. The molecular formula is C25H28FN7O3. The fourth-order valence-corrected chi connectivity index (χ4v) is 4.44. The van der Waals surface area contributed by atoms with Crippen molar-refractivity contribution in [1.82, 2.24) is 34.7 Å². The Morgan fingerprint density at radius 3 is 2.67 bits per heavy atom. The van der Waals surface area contributed by atoms with Crippen molar-refractivity contribution in [2.45, 2.75) is 52.2 Å². The number of para-hydroxylation sites is 1. The summed E-state index contributed by atoms with van der Waals surface area (Å²) in [7, 11) is 0. The number of benzene rings is 1. The van der Waals surface area contributed by atoms with Gasteiger partial charge in [-0.2, -0.15) is 20.0 Å². The summed E-state index contributed by atoms with van der Waals surface area (Å²) in [6, 6.07) is 6.10. The number of likely N-dealkylation sites (tertiary alicyclic amines) is 1. The maximum Gasteiger partial charge on any atom is 0.410 e. The average Bonchev–Trinajstić information content (AvgIpc) is 3.45. The molecule has 1 saturated heterocycles. The fourth-order valence-electron chi connectivity index (χ4n) is 4.44. The molecule has 4 heterocycles. The van der Waals surface area contributed by atoms with E-state index in [2.05, 4.69) is 20.4 Å². The van der Waals surface area contributed by atoms with Gasteiger partial charge in [-0.25, -0.2) is 9.18 Å². The molecule has 5 rings (SSSR count). The van der Waals surface area contributed by atoms with Crippen LogP contribution in [0.2, 0.25) is 0 Å². The number of rotatable bonds is 3. The second-order valence-corrected chi connectivity index (χ2v) is 10.0. The quantitative estimate of drug-likeness (QED) is 0.462. The summed E-state index contributed by atoms with van der Waals surface area (Å²) in [4.78, 5) is 26.8. The molecule has 1 aromatic carbocycles. The van der Waals surface area contributed by atoms with Crippen LogP contribution in [-0.2, 0) is 4.74 Å². The zero-order chi connectivity index (χ0) is 25.6. The lowest BCUT2D eigenvalue weighted by Crippen LogP contribution is -2.42. The minimum absolute atomic E-state index is 0.115. The highest BCUT2D eigenvalue weighted by Crippen LogP contribution is 2.28. The van der Waals surface area contributed by atoms with Crippen LogP contribution in [-0.4, -0.2) is 59.4 Å². The van der Waals surface area contributed by atoms with E-state index in [9.17, 15) is 14.0 Å². The van der Waals surface area contributed by atoms with Crippen LogP contribution in [0, 0.1) is 12.7 Å². The number of amides is 1. The van der Waals surface area contributed by atoms with Crippen LogP contribution in [0.4, 0.5) is 9.18 Å². The van der Waals surface area contributed by atoms with Crippen molar-refractivity contribution in [3.8, 4) is 16.9 Å². The molecule has 3 aromatic heterocycles. The van der Waals surface area contributed by atoms with Crippen molar-refractivity contribution in [2.24, 2.45) is 0 Å². The van der Waals surface area contributed by atoms with Crippen LogP contribution in [0.15, 0.2) is 41.5 Å². The minimum atomic E-state index is -0.528. The monoisotopic (exact) mass is 493 g/mol. The van der Waals surface area contributed by atoms with Gasteiger partial charge in [-0.05, 0) is 52.2 Å². The Balaban J connectivity index is 1.39. The molecule has 0 radical (unpaired) electrons. The predicted molar refractivity (Wildman–Crippen MR) is 131 cm³/mol. The second-order valence-electron chi connectivity index (χ2n) is 10.0. The van der Waals surface area contributed by atoms with Gasteiger partial charge >= 0.3 is 6.09 Å². The third-order valence-electron chi connectivity index (χ3n) is 6.21. The van der Waals surface area contributed by atoms with E-state index in [1.807, 2.05) is 31.6 Å². The molecule has 0 atom stereocenters. The molecule has 4 aromatic rings. The first-order chi connectivity index (χ1) is 17.1. The highest BCUT2D eigenvalue weighted by Gasteiger charge is 2.28. The van der Waals surface area contributed by atoms with Crippen LogP contribution in [0.5, 0.6) is 0 Å². The Labute approximate surface area is 206 Å². The van der Waals surface area contributed by atoms with Gasteiger partial charge in [0.05, 0.1) is 17.8 Å². The Kier molecular flexibility index (Phi) is 5.85. The van der Waals surface area contributed by atoms with Gasteiger partial charge in [-0.15, -0.1) is 0 Å². The summed E-state index contributed by atoms with van der Waals surface area (Å²) < 4.78 is 23.0. The number of fused-ring (bicyclic) bond motifs is 1. The topological polar surface area (TPSA) is 111 Å². The van der Waals surface area contributed by atoms with Gasteiger partial charge in [0.1, 0.15) is 28.3 Å². The average molecular weight is 494 g/mol. The predicted octanol–water partition coefficient (Wildman–Crippen LogP) is 3.99. The van der Waals surface area contributed by atoms with Crippen molar-refractivity contribution < 1.29 is 13.9 Å². The standard InChI is InChI=1S/C25H28FN7O3/c1-15-6-5-7-18(26)23(15)33-20(34)12-19-22(30-33)21(29-28-19)16-13-27-32(14-16)17-8-10-31(11-9-17)24(35)36-25(2,3)4/h5-7,12-14,17,28H,8-11H2,1-4H3. The summed E-state index contributed by atoms with van der Waals surface area (Å²) in [5, 5.41) is 16.2. The number of hydrogen-bond donors (Lipinski definition) is 1. The zero-order valence-electron chi connectivity index (χ0n) is 20.7. The number of ether oxygens (including phenoxy) is 1. The number of hydrogen-bond acceptors (Lipinski definition) is 6. The summed E-state index contributed by atoms with van der Waals surface area (Å²) in [6.45, 7) is 8.45. The summed E-state index contributed by atoms with van der Waals surface area (Å²) in [5.41, 5.74) is 1.86. The number of piperidine rings is 1. The zero-order valence-corrected chi connectivity index (χ0v) is 20.7. The van der Waals surface area contributed by atoms with Gasteiger partial charge in [0.25, 0.3) is 5.56 Å². The third-order valence-corrected chi connectivity index (χ3v) is 6.21. The highest BCUT2D eigenvalue weighted by molar-refractivity contribution is 5.88. The molecule has 1 aliphatic heterocycles. The van der Waals surface area contributed by atoms with Gasteiger partial charge in [0.15, 0.2) is 0 Å². The molecule has 188 valence electrons. The van der Waals surface area contributed by atoms with Crippen LogP contribution in [0.25, 0.3) is 28.0 Å². The number of carbonyl (C=O) groups is 1. The molecule has 11 heteroatoms. The summed E-state index contributed by atoms with van der Waals surface area (Å²) >= 11 is 0. The number of nitrogens with one attached hydrogen (secondary N) is 1. The van der Waals surface area contributed by atoms with Gasteiger partial charge in [-0.3, -0.25) is 14.6 Å². The maximum absolute atomic E-state index is 14.6. The normalized spacial score (nSPS) is 15.0. The van der Waals surface area contributed by atoms with E-state index in [1.54, 1.807) is 30.2 Å². The second kappa shape index (κ2) is 8.89. The molecule has 1 N–H and O–H groups in total. The lowest BCUT2D eigenvalue weighted by Gasteiger charge is -2.33. The summed E-state index contributed by atoms with van der Waals surface area (Å²) in [6.07, 6.45) is 4.76. The van der Waals surface area contributed by atoms with Crippen molar-refractivity contribution in [1.29, 1.82) is 0 Å². The number of aromatic amines is 1. The number of halogens is 1. The van der Waals surface area contributed by atoms with Crippen LogP contribution < -0.4 is 5.56 Å². The third kappa shape index (κ3) is 4.48. The largest absolute Gasteiger partial charge is 0.444 e.